The van der Waals surface area contributed by atoms with Gasteiger partial charge in [0.25, 0.3) is 0 Å². The van der Waals surface area contributed by atoms with Crippen molar-refractivity contribution < 1.29 is 88.5 Å². The van der Waals surface area contributed by atoms with E-state index in [-0.39, 0.29) is 102 Å². The van der Waals surface area contributed by atoms with Crippen LogP contribution < -0.4 is 48.3 Å². The number of carboxylic acid groups (broad SMARTS) is 3. The van der Waals surface area contributed by atoms with Crippen molar-refractivity contribution in [2.75, 3.05) is 77.0 Å². The van der Waals surface area contributed by atoms with Gasteiger partial charge in [0.05, 0.1) is 37.9 Å². The van der Waals surface area contributed by atoms with Crippen molar-refractivity contribution in [2.24, 2.45) is 5.73 Å². The number of unbranched alkanes of at least 4 members (excludes halogenated alkanes) is 1. The molecule has 2 aliphatic rings. The molecule has 2 saturated heterocycles. The molecule has 0 bridgehead atoms. The number of rotatable bonds is 27. The number of carbonyl (C=O) groups excluding carboxylic acids is 8. The maximum absolute atomic E-state index is 15.2. The standard InChI is InChI=1S/C64H89N13O18S2/c1-37(79)49(34-78)71-62(92)51-36-97-96-35-50(72-58(88)46(28-39-10-4-3-5-11-39)67-53(82)20-19-52(64(94)95)77-26-24-75(32-54(83)84)22-23-76(25-27-77)33-55(85)86)61(91)69-47(29-40-15-17-42(81)18-16-40)59(89)70-48(30-41-31-66-44-13-7-6-12-43(41)44)60(90)68-45(14-8-9-21-65)57(87)74-56(38(2)80)63(93)73-51/h3-7,10-13,15-18,31,37-38,45-52,56,66,78-81H,8-9,14,19-30,32-36,65H2,1-2H3,(H,67,82)(H,68,90)(H,69,91)(H,70,89)(H,71,92)(H,72,88)(H,73,93)(H,74,87)(H,83,84)(H,85,86)(H,94,95)/t37-,38-,45+,46-,47+,48-,49-,50+,51+,52-,56+/m1/s1. The molecule has 4 aromatic rings. The summed E-state index contributed by atoms with van der Waals surface area (Å²) in [6.45, 7) is 1.83. The van der Waals surface area contributed by atoms with Gasteiger partial charge in [0, 0.05) is 93.6 Å². The molecule has 8 amide bonds. The van der Waals surface area contributed by atoms with Crippen LogP contribution in [-0.2, 0) is 72.0 Å². The largest absolute Gasteiger partial charge is 0.508 e. The predicted octanol–water partition coefficient (Wildman–Crippen LogP) is -2.62. The van der Waals surface area contributed by atoms with Crippen molar-refractivity contribution in [2.45, 2.75) is 132 Å². The summed E-state index contributed by atoms with van der Waals surface area (Å²) in [6.07, 6.45) is -2.16. The lowest BCUT2D eigenvalue weighted by molar-refractivity contribution is -0.145. The van der Waals surface area contributed by atoms with Gasteiger partial charge in [-0.3, -0.25) is 67.4 Å². The lowest BCUT2D eigenvalue weighted by Crippen LogP contribution is -2.62. The second kappa shape index (κ2) is 39.1. The van der Waals surface area contributed by atoms with Crippen LogP contribution in [0.15, 0.2) is 85.1 Å². The molecule has 0 unspecified atom stereocenters. The SMILES string of the molecule is C[C@@H](O)[C@@H]1NC(=O)[C@H](CCCCN)NC(=O)[C@@H](Cc2c[nH]c3ccccc23)NC(=O)[C@H](Cc2ccc(O)cc2)NC(=O)[C@@H](NC(=O)[C@@H](Cc2ccccc2)NC(=O)CC[C@H](C(=O)O)N2CCN(CC(=O)O)CCN(CC(=O)O)CC2)CSSC[C@@H](C(=O)N[C@H](CO)[C@@H](C)O)NC1=O. The minimum atomic E-state index is -1.77. The number of aliphatic carboxylic acids is 3. The lowest BCUT2D eigenvalue weighted by Gasteiger charge is -2.30. The Labute approximate surface area is 567 Å². The number of aromatic nitrogens is 1. The summed E-state index contributed by atoms with van der Waals surface area (Å²) in [6, 6.07) is 7.66. The van der Waals surface area contributed by atoms with Crippen LogP contribution in [0.5, 0.6) is 5.75 Å². The highest BCUT2D eigenvalue weighted by Crippen LogP contribution is 2.25. The fourth-order valence-electron chi connectivity index (χ4n) is 11.0. The molecule has 0 aliphatic carbocycles. The van der Waals surface area contributed by atoms with Crippen molar-refractivity contribution >= 4 is 97.7 Å². The van der Waals surface area contributed by atoms with Gasteiger partial charge in [0.1, 0.15) is 54.1 Å². The van der Waals surface area contributed by atoms with E-state index < -0.39 is 158 Å². The molecule has 3 heterocycles. The van der Waals surface area contributed by atoms with Gasteiger partial charge in [0.2, 0.25) is 47.3 Å². The minimum absolute atomic E-state index is 0.0408. The van der Waals surface area contributed by atoms with Gasteiger partial charge < -0.3 is 89.0 Å². The Kier molecular flexibility index (Phi) is 31.3. The Hall–Kier alpha value is -8.41. The number of nitrogens with one attached hydrogen (secondary N) is 9. The fourth-order valence-corrected chi connectivity index (χ4v) is 13.3. The number of carboxylic acids is 3. The molecule has 6 rings (SSSR count). The number of nitrogens with zero attached hydrogens (tertiary/aromatic N) is 3. The maximum Gasteiger partial charge on any atom is 0.320 e. The van der Waals surface area contributed by atoms with Gasteiger partial charge in [-0.2, -0.15) is 0 Å². The van der Waals surface area contributed by atoms with Crippen LogP contribution in [0.1, 0.15) is 62.6 Å². The zero-order valence-corrected chi connectivity index (χ0v) is 55.6. The van der Waals surface area contributed by atoms with Gasteiger partial charge in [-0.15, -0.1) is 0 Å². The van der Waals surface area contributed by atoms with Crippen LogP contribution in [0.3, 0.4) is 0 Å². The number of aliphatic hydroxyl groups excluding tert-OH is 3. The van der Waals surface area contributed by atoms with Crippen LogP contribution in [0.25, 0.3) is 10.9 Å². The van der Waals surface area contributed by atoms with Crippen molar-refractivity contribution in [1.29, 1.82) is 0 Å². The first-order valence-corrected chi connectivity index (χ1v) is 34.4. The van der Waals surface area contributed by atoms with E-state index in [1.54, 1.807) is 70.6 Å². The van der Waals surface area contributed by atoms with E-state index in [0.717, 1.165) is 21.6 Å². The van der Waals surface area contributed by atoms with Gasteiger partial charge >= 0.3 is 17.9 Å². The number of fused-ring (bicyclic) bond motifs is 1. The molecule has 2 aliphatic heterocycles. The maximum atomic E-state index is 15.2. The Morgan fingerprint density at radius 3 is 1.86 bits per heavy atom. The molecule has 31 nitrogen and oxygen atoms in total. The summed E-state index contributed by atoms with van der Waals surface area (Å²) >= 11 is 0. The first-order chi connectivity index (χ1) is 46.3. The number of phenolic OH excluding ortho intramolecular Hbond substituents is 1. The number of nitrogens with two attached hydrogens (primary N) is 1. The fraction of sp³-hybridized carbons (Fsp3) is 0.516. The summed E-state index contributed by atoms with van der Waals surface area (Å²) in [5, 5.41) is 93.4. The molecule has 33 heteroatoms. The zero-order valence-electron chi connectivity index (χ0n) is 53.9. The summed E-state index contributed by atoms with van der Waals surface area (Å²) in [7, 11) is 1.79. The van der Waals surface area contributed by atoms with Crippen molar-refractivity contribution in [3.8, 4) is 5.75 Å². The molecular formula is C64H89N13O18S2. The van der Waals surface area contributed by atoms with Gasteiger partial charge in [-0.25, -0.2) is 0 Å². The second-order valence-electron chi connectivity index (χ2n) is 23.9. The Morgan fingerprint density at radius 2 is 1.25 bits per heavy atom. The van der Waals surface area contributed by atoms with E-state index in [2.05, 4.69) is 47.5 Å². The number of aliphatic hydroxyl groups is 3. The van der Waals surface area contributed by atoms with Crippen LogP contribution in [0, 0.1) is 0 Å². The molecule has 97 heavy (non-hydrogen) atoms. The van der Waals surface area contributed by atoms with E-state index in [0.29, 0.717) is 34.0 Å². The van der Waals surface area contributed by atoms with Crippen LogP contribution in [0.4, 0.5) is 0 Å². The van der Waals surface area contributed by atoms with E-state index in [9.17, 15) is 74.1 Å². The molecule has 0 radical (unpaired) electrons. The Morgan fingerprint density at radius 1 is 0.660 bits per heavy atom. The monoisotopic (exact) mass is 1390 g/mol. The van der Waals surface area contributed by atoms with E-state index >= 15 is 14.4 Å². The Balaban J connectivity index is 1.39. The van der Waals surface area contributed by atoms with E-state index in [1.807, 2.05) is 0 Å². The van der Waals surface area contributed by atoms with Crippen molar-refractivity contribution in [3.05, 3.63) is 102 Å². The number of H-pyrrole nitrogens is 1. The molecular weight excluding hydrogens is 1300 g/mol. The highest BCUT2D eigenvalue weighted by molar-refractivity contribution is 8.76. The number of aromatic hydroxyl groups is 1. The smallest absolute Gasteiger partial charge is 0.320 e. The van der Waals surface area contributed by atoms with Crippen LogP contribution in [0.2, 0.25) is 0 Å². The number of amides is 8. The number of hydrogen-bond acceptors (Lipinski definition) is 21. The van der Waals surface area contributed by atoms with Gasteiger partial charge in [-0.1, -0.05) is 82.3 Å². The Bertz CT molecular complexity index is 3280. The number of para-hydroxylation sites is 1. The third-order valence-corrected chi connectivity index (χ3v) is 18.9. The lowest BCUT2D eigenvalue weighted by atomic mass is 10.0. The quantitative estimate of drug-likeness (QED) is 0.0215. The number of benzene rings is 3. The average molecular weight is 1390 g/mol. The topological polar surface area (TPSA) is 477 Å². The average Bonchev–Trinajstić information content (AvgIpc) is 1.63. The number of hydrogen-bond donors (Lipinski definition) is 17. The van der Waals surface area contributed by atoms with Crippen LogP contribution in [-0.4, -0.2) is 264 Å². The number of aromatic amines is 1. The molecule has 0 spiro atoms. The van der Waals surface area contributed by atoms with E-state index in [4.69, 9.17) is 5.73 Å². The summed E-state index contributed by atoms with van der Waals surface area (Å²) in [4.78, 5) is 162. The summed E-state index contributed by atoms with van der Waals surface area (Å²) in [5.41, 5.74) is 8.00. The molecule has 3 aromatic carbocycles. The first kappa shape index (κ1) is 77.6. The minimum Gasteiger partial charge on any atom is -0.508 e. The van der Waals surface area contributed by atoms with Gasteiger partial charge in [0.15, 0.2) is 0 Å². The second-order valence-corrected chi connectivity index (χ2v) is 26.5. The van der Waals surface area contributed by atoms with Crippen molar-refractivity contribution in [1.82, 2.24) is 62.2 Å². The summed E-state index contributed by atoms with van der Waals surface area (Å²) in [5.74, 6) is -12.0. The third kappa shape index (κ3) is 25.2. The van der Waals surface area contributed by atoms with Crippen LogP contribution >= 0.6 is 21.6 Å². The summed E-state index contributed by atoms with van der Waals surface area (Å²) < 4.78 is 0. The predicted molar refractivity (Wildman–Crippen MR) is 358 cm³/mol. The van der Waals surface area contributed by atoms with Crippen molar-refractivity contribution in [3.63, 3.8) is 0 Å². The number of phenols is 1. The highest BCUT2D eigenvalue weighted by atomic mass is 33.1. The molecule has 1 aromatic heterocycles. The molecule has 18 N–H and O–H groups in total. The van der Waals surface area contributed by atoms with E-state index in [1.165, 1.54) is 43.0 Å². The normalized spacial score (nSPS) is 22.0. The zero-order chi connectivity index (χ0) is 70.7. The molecule has 530 valence electrons. The van der Waals surface area contributed by atoms with Gasteiger partial charge in [-0.05, 0) is 81.0 Å². The number of carbonyl (C=O) groups is 11. The highest BCUT2D eigenvalue weighted by Gasteiger charge is 2.38. The molecule has 2 fully saturated rings. The third-order valence-electron chi connectivity index (χ3n) is 16.5. The molecule has 11 atom stereocenters. The first-order valence-electron chi connectivity index (χ1n) is 31.9. The molecule has 0 saturated carbocycles.